The number of benzene rings is 1. The normalized spacial score (nSPS) is 15.3. The van der Waals surface area contributed by atoms with E-state index in [9.17, 15) is 9.65 Å². The second-order valence-corrected chi connectivity index (χ2v) is 7.77. The molecule has 0 bridgehead atoms. The molecular formula is C23H31FN2. The molecule has 2 nitrogen and oxygen atoms in total. The van der Waals surface area contributed by atoms with Crippen molar-refractivity contribution < 1.29 is 4.39 Å². The number of allylic oxidation sites excluding steroid dienone is 2. The predicted octanol–water partition coefficient (Wildman–Crippen LogP) is 6.02. The summed E-state index contributed by atoms with van der Waals surface area (Å²) in [6.07, 6.45) is 8.55. The highest BCUT2D eigenvalue weighted by atomic mass is 19.1. The maximum absolute atomic E-state index is 14.9. The molecule has 1 aromatic carbocycles. The fourth-order valence-electron chi connectivity index (χ4n) is 3.58. The van der Waals surface area contributed by atoms with Crippen LogP contribution < -0.4 is 5.32 Å². The topological polar surface area (TPSA) is 35.8 Å². The Morgan fingerprint density at radius 1 is 1.42 bits per heavy atom. The van der Waals surface area contributed by atoms with E-state index in [4.69, 9.17) is 0 Å². The van der Waals surface area contributed by atoms with Crippen LogP contribution in [-0.4, -0.2) is 7.05 Å². The summed E-state index contributed by atoms with van der Waals surface area (Å²) in [5.74, 6) is 0.755. The first-order valence-corrected chi connectivity index (χ1v) is 9.64. The summed E-state index contributed by atoms with van der Waals surface area (Å²) in [6, 6.07) is 6.13. The number of nitriles is 1. The Morgan fingerprint density at radius 3 is 2.58 bits per heavy atom. The zero-order valence-electron chi connectivity index (χ0n) is 16.6. The molecule has 0 radical (unpaired) electrons. The van der Waals surface area contributed by atoms with Gasteiger partial charge in [0.25, 0.3) is 0 Å². The van der Waals surface area contributed by atoms with Crippen molar-refractivity contribution in [3.63, 3.8) is 0 Å². The molecule has 0 unspecified atom stereocenters. The van der Waals surface area contributed by atoms with E-state index in [0.717, 1.165) is 47.5 Å². The van der Waals surface area contributed by atoms with Crippen molar-refractivity contribution in [2.45, 2.75) is 65.0 Å². The molecule has 0 saturated heterocycles. The molecule has 1 aliphatic rings. The van der Waals surface area contributed by atoms with E-state index in [1.807, 2.05) is 25.4 Å². The predicted molar refractivity (Wildman–Crippen MR) is 107 cm³/mol. The summed E-state index contributed by atoms with van der Waals surface area (Å²) in [4.78, 5) is 0. The highest BCUT2D eigenvalue weighted by molar-refractivity contribution is 5.78. The maximum atomic E-state index is 14.9. The lowest BCUT2D eigenvalue weighted by Gasteiger charge is -2.26. The Morgan fingerprint density at radius 2 is 2.12 bits per heavy atom. The lowest BCUT2D eigenvalue weighted by atomic mass is 9.79. The highest BCUT2D eigenvalue weighted by Crippen LogP contribution is 2.36. The van der Waals surface area contributed by atoms with Crippen LogP contribution in [0.5, 0.6) is 0 Å². The molecule has 0 spiro atoms. The van der Waals surface area contributed by atoms with E-state index in [0.29, 0.717) is 11.1 Å². The van der Waals surface area contributed by atoms with Gasteiger partial charge in [0.1, 0.15) is 5.67 Å². The van der Waals surface area contributed by atoms with Gasteiger partial charge in [-0.25, -0.2) is 4.39 Å². The van der Waals surface area contributed by atoms with Crippen LogP contribution in [0.4, 0.5) is 4.39 Å². The van der Waals surface area contributed by atoms with Crippen molar-refractivity contribution in [3.8, 4) is 6.07 Å². The first kappa shape index (κ1) is 20.2. The summed E-state index contributed by atoms with van der Waals surface area (Å²) >= 11 is 0. The number of hydrogen-bond acceptors (Lipinski definition) is 2. The fourth-order valence-corrected chi connectivity index (χ4v) is 3.58. The number of nitrogens with zero attached hydrogens (tertiary/aromatic N) is 1. The van der Waals surface area contributed by atoms with Gasteiger partial charge in [0.05, 0.1) is 11.6 Å². The Balaban J connectivity index is 2.49. The van der Waals surface area contributed by atoms with Crippen molar-refractivity contribution >= 4 is 5.57 Å². The molecule has 26 heavy (non-hydrogen) atoms. The van der Waals surface area contributed by atoms with Crippen molar-refractivity contribution in [1.29, 1.82) is 5.26 Å². The summed E-state index contributed by atoms with van der Waals surface area (Å²) in [5.41, 5.74) is 3.26. The van der Waals surface area contributed by atoms with E-state index in [2.05, 4.69) is 24.9 Å². The highest BCUT2D eigenvalue weighted by Gasteiger charge is 2.27. The molecule has 0 aromatic heterocycles. The van der Waals surface area contributed by atoms with Crippen LogP contribution in [0.25, 0.3) is 5.57 Å². The molecule has 2 rings (SSSR count). The molecule has 1 saturated carbocycles. The average Bonchev–Trinajstić information content (AvgIpc) is 2.56. The lowest BCUT2D eigenvalue weighted by Crippen LogP contribution is -2.16. The van der Waals surface area contributed by atoms with Crippen molar-refractivity contribution in [3.05, 3.63) is 52.7 Å². The zero-order valence-corrected chi connectivity index (χ0v) is 16.6. The van der Waals surface area contributed by atoms with Crippen LogP contribution in [0.2, 0.25) is 0 Å². The van der Waals surface area contributed by atoms with Gasteiger partial charge in [0.2, 0.25) is 0 Å². The fraction of sp³-hybridized carbons (Fsp3) is 0.522. The Kier molecular flexibility index (Phi) is 6.64. The van der Waals surface area contributed by atoms with Crippen molar-refractivity contribution in [2.24, 2.45) is 5.92 Å². The van der Waals surface area contributed by atoms with Gasteiger partial charge in [-0.3, -0.25) is 0 Å². The molecule has 0 atom stereocenters. The molecule has 1 fully saturated rings. The quantitative estimate of drug-likeness (QED) is 0.579. The first-order chi connectivity index (χ1) is 12.3. The van der Waals surface area contributed by atoms with Gasteiger partial charge in [-0.2, -0.15) is 5.26 Å². The van der Waals surface area contributed by atoms with E-state index in [1.165, 1.54) is 33.1 Å². The monoisotopic (exact) mass is 354 g/mol. The minimum atomic E-state index is -1.56. The molecule has 0 heterocycles. The zero-order chi connectivity index (χ0) is 19.3. The van der Waals surface area contributed by atoms with Crippen LogP contribution in [0.1, 0.15) is 75.1 Å². The Hall–Kier alpha value is -2.08. The maximum Gasteiger partial charge on any atom is 0.131 e. The number of rotatable bonds is 8. The molecule has 1 N–H and O–H groups in total. The molecule has 1 aromatic rings. The summed E-state index contributed by atoms with van der Waals surface area (Å²) < 4.78 is 14.9. The first-order valence-electron chi connectivity index (χ1n) is 9.64. The van der Waals surface area contributed by atoms with E-state index < -0.39 is 5.67 Å². The third kappa shape index (κ3) is 4.55. The molecule has 140 valence electrons. The van der Waals surface area contributed by atoms with E-state index in [1.54, 1.807) is 0 Å². The van der Waals surface area contributed by atoms with Gasteiger partial charge in [0.15, 0.2) is 0 Å². The lowest BCUT2D eigenvalue weighted by molar-refractivity contribution is 0.220. The summed E-state index contributed by atoms with van der Waals surface area (Å²) in [5, 5.41) is 12.8. The second kappa shape index (κ2) is 8.54. The summed E-state index contributed by atoms with van der Waals surface area (Å²) in [7, 11) is 1.86. The molecule has 1 aliphatic carbocycles. The number of aryl methyl sites for hydroxylation is 1. The van der Waals surface area contributed by atoms with E-state index in [-0.39, 0.29) is 0 Å². The van der Waals surface area contributed by atoms with Crippen LogP contribution in [0.15, 0.2) is 30.5 Å². The van der Waals surface area contributed by atoms with Crippen LogP contribution >= 0.6 is 0 Å². The minimum Gasteiger partial charge on any atom is -0.394 e. The number of alkyl halides is 1. The molecular weight excluding hydrogens is 323 g/mol. The van der Waals surface area contributed by atoms with Gasteiger partial charge < -0.3 is 5.32 Å². The Bertz CT molecular complexity index is 728. The van der Waals surface area contributed by atoms with Gasteiger partial charge in [-0.15, -0.1) is 0 Å². The SMILES string of the molecule is C=C(/C(=C\NC)CC)c1cc(CCC2CCC2)c(C#N)c(C(C)(C)F)c1. The smallest absolute Gasteiger partial charge is 0.131 e. The number of halogens is 1. The standard InChI is InChI=1S/C23H31FN2/c1-6-18(15-26-5)16(2)20-12-19(11-10-17-8-7-9-17)21(14-25)22(13-20)23(3,4)24/h12-13,15,17,26H,2,6-11H2,1,3-5H3/b18-15-. The molecule has 0 aliphatic heterocycles. The van der Waals surface area contributed by atoms with Gasteiger partial charge in [-0.1, -0.05) is 32.8 Å². The third-order valence-corrected chi connectivity index (χ3v) is 5.45. The molecule has 0 amide bonds. The van der Waals surface area contributed by atoms with Crippen LogP contribution in [-0.2, 0) is 12.1 Å². The largest absolute Gasteiger partial charge is 0.394 e. The van der Waals surface area contributed by atoms with Gasteiger partial charge in [-0.05, 0) is 79.6 Å². The second-order valence-electron chi connectivity index (χ2n) is 7.77. The number of nitrogens with one attached hydrogen (secondary N) is 1. The van der Waals surface area contributed by atoms with Gasteiger partial charge in [0, 0.05) is 12.6 Å². The van der Waals surface area contributed by atoms with Gasteiger partial charge >= 0.3 is 0 Å². The van der Waals surface area contributed by atoms with E-state index >= 15 is 0 Å². The van der Waals surface area contributed by atoms with Crippen LogP contribution in [0, 0.1) is 17.2 Å². The Labute approximate surface area is 157 Å². The van der Waals surface area contributed by atoms with Crippen molar-refractivity contribution in [2.75, 3.05) is 7.05 Å². The minimum absolute atomic E-state index is 0.474. The molecule has 3 heteroatoms. The third-order valence-electron chi connectivity index (χ3n) is 5.45. The average molecular weight is 355 g/mol. The number of hydrogen-bond donors (Lipinski definition) is 1. The summed E-state index contributed by atoms with van der Waals surface area (Å²) in [6.45, 7) is 9.37. The van der Waals surface area contributed by atoms with Crippen LogP contribution in [0.3, 0.4) is 0 Å². The van der Waals surface area contributed by atoms with Crippen molar-refractivity contribution in [1.82, 2.24) is 5.32 Å².